The van der Waals surface area contributed by atoms with Crippen molar-refractivity contribution in [1.29, 1.82) is 0 Å². The first-order chi connectivity index (χ1) is 12.3. The average Bonchev–Trinajstić information content (AvgIpc) is 2.62. The second-order valence-electron chi connectivity index (χ2n) is 7.36. The quantitative estimate of drug-likeness (QED) is 0.234. The van der Waals surface area contributed by atoms with Gasteiger partial charge in [0.25, 0.3) is 0 Å². The largest absolute Gasteiger partial charge is 0.396 e. The summed E-state index contributed by atoms with van der Waals surface area (Å²) in [6.45, 7) is 10.0. The van der Waals surface area contributed by atoms with E-state index in [0.29, 0.717) is 25.6 Å². The number of piperidine rings is 1. The molecular weight excluding hydrogens is 479 g/mol. The van der Waals surface area contributed by atoms with Crippen molar-refractivity contribution in [3.8, 4) is 0 Å². The van der Waals surface area contributed by atoms with E-state index in [1.165, 1.54) is 6.26 Å². The Morgan fingerprint density at radius 1 is 1.19 bits per heavy atom. The molecule has 3 N–H and O–H groups in total. The smallest absolute Gasteiger partial charge is 0.211 e. The molecule has 0 aromatic carbocycles. The van der Waals surface area contributed by atoms with Crippen molar-refractivity contribution in [2.24, 2.45) is 16.3 Å². The standard InChI is InChI=1S/C18H38N4O3S.HI/c1-5-18(6-2,10-13-23)15-21-17(19-7-3)20-14-16-8-11-22(12-9-16)26(4,24)25;/h16,23H,5-15H2,1-4H3,(H2,19,20,21);1H. The maximum Gasteiger partial charge on any atom is 0.211 e. The lowest BCUT2D eigenvalue weighted by Gasteiger charge is -2.31. The molecule has 0 unspecified atom stereocenters. The van der Waals surface area contributed by atoms with E-state index < -0.39 is 10.0 Å². The summed E-state index contributed by atoms with van der Waals surface area (Å²) in [7, 11) is -3.07. The van der Waals surface area contributed by atoms with Gasteiger partial charge in [-0.3, -0.25) is 4.99 Å². The first-order valence-electron chi connectivity index (χ1n) is 9.88. The lowest BCUT2D eigenvalue weighted by atomic mass is 9.79. The highest BCUT2D eigenvalue weighted by Crippen LogP contribution is 2.30. The third-order valence-electron chi connectivity index (χ3n) is 5.66. The molecule has 1 heterocycles. The maximum atomic E-state index is 11.6. The molecule has 7 nitrogen and oxygen atoms in total. The molecule has 0 saturated carbocycles. The third kappa shape index (κ3) is 9.27. The molecular formula is C18H39IN4O3S. The highest BCUT2D eigenvalue weighted by Gasteiger charge is 2.26. The summed E-state index contributed by atoms with van der Waals surface area (Å²) in [5.41, 5.74) is 0.0535. The molecule has 1 aliphatic rings. The van der Waals surface area contributed by atoms with Crippen molar-refractivity contribution in [2.45, 2.75) is 52.9 Å². The first-order valence-corrected chi connectivity index (χ1v) is 11.7. The molecule has 0 spiro atoms. The number of rotatable bonds is 10. The van der Waals surface area contributed by atoms with Crippen LogP contribution in [0.2, 0.25) is 0 Å². The monoisotopic (exact) mass is 518 g/mol. The lowest BCUT2D eigenvalue weighted by molar-refractivity contribution is 0.175. The Morgan fingerprint density at radius 2 is 1.78 bits per heavy atom. The maximum absolute atomic E-state index is 11.6. The summed E-state index contributed by atoms with van der Waals surface area (Å²) in [6.07, 6.45) is 5.79. The molecule has 0 aliphatic carbocycles. The van der Waals surface area contributed by atoms with Crippen LogP contribution in [-0.4, -0.2) is 69.4 Å². The lowest BCUT2D eigenvalue weighted by Crippen LogP contribution is -2.44. The zero-order valence-corrected chi connectivity index (χ0v) is 20.5. The van der Waals surface area contributed by atoms with Crippen LogP contribution in [0.15, 0.2) is 4.99 Å². The fraction of sp³-hybridized carbons (Fsp3) is 0.944. The van der Waals surface area contributed by atoms with Crippen LogP contribution in [-0.2, 0) is 10.0 Å². The van der Waals surface area contributed by atoms with E-state index in [0.717, 1.165) is 51.2 Å². The Kier molecular flexibility index (Phi) is 13.1. The van der Waals surface area contributed by atoms with E-state index in [1.807, 2.05) is 6.92 Å². The average molecular weight is 519 g/mol. The van der Waals surface area contributed by atoms with E-state index in [9.17, 15) is 13.5 Å². The van der Waals surface area contributed by atoms with Crippen LogP contribution in [0.3, 0.4) is 0 Å². The Morgan fingerprint density at radius 3 is 2.22 bits per heavy atom. The SMILES string of the molecule is CCNC(=NCC(CC)(CC)CCO)NCC1CCN(S(C)(=O)=O)CC1.I. The predicted octanol–water partition coefficient (Wildman–Crippen LogP) is 2.02. The minimum absolute atomic E-state index is 0. The molecule has 9 heteroatoms. The molecule has 1 saturated heterocycles. The van der Waals surface area contributed by atoms with Gasteiger partial charge in [-0.05, 0) is 50.4 Å². The van der Waals surface area contributed by atoms with Crippen molar-refractivity contribution in [2.75, 3.05) is 45.6 Å². The van der Waals surface area contributed by atoms with Crippen LogP contribution in [0, 0.1) is 11.3 Å². The van der Waals surface area contributed by atoms with E-state index in [-0.39, 0.29) is 36.0 Å². The van der Waals surface area contributed by atoms with Crippen LogP contribution in [0.4, 0.5) is 0 Å². The van der Waals surface area contributed by atoms with Crippen molar-refractivity contribution in [3.05, 3.63) is 0 Å². The number of nitrogens with one attached hydrogen (secondary N) is 2. The Balaban J connectivity index is 0.00000676. The summed E-state index contributed by atoms with van der Waals surface area (Å²) in [6, 6.07) is 0. The van der Waals surface area contributed by atoms with Gasteiger partial charge in [-0.15, -0.1) is 24.0 Å². The van der Waals surface area contributed by atoms with Crippen LogP contribution < -0.4 is 10.6 Å². The van der Waals surface area contributed by atoms with Gasteiger partial charge in [-0.25, -0.2) is 12.7 Å². The minimum atomic E-state index is -3.07. The molecule has 27 heavy (non-hydrogen) atoms. The number of hydrogen-bond donors (Lipinski definition) is 3. The van der Waals surface area contributed by atoms with Gasteiger partial charge >= 0.3 is 0 Å². The molecule has 162 valence electrons. The van der Waals surface area contributed by atoms with E-state index in [2.05, 4.69) is 24.5 Å². The van der Waals surface area contributed by atoms with Gasteiger partial charge in [0.1, 0.15) is 0 Å². The van der Waals surface area contributed by atoms with E-state index in [1.54, 1.807) is 4.31 Å². The summed E-state index contributed by atoms with van der Waals surface area (Å²) in [5, 5.41) is 16.1. The van der Waals surface area contributed by atoms with Crippen LogP contribution in [0.1, 0.15) is 52.9 Å². The van der Waals surface area contributed by atoms with Crippen LogP contribution in [0.5, 0.6) is 0 Å². The molecule has 0 atom stereocenters. The minimum Gasteiger partial charge on any atom is -0.396 e. The second-order valence-corrected chi connectivity index (χ2v) is 9.34. The predicted molar refractivity (Wildman–Crippen MR) is 123 cm³/mol. The summed E-state index contributed by atoms with van der Waals surface area (Å²) in [4.78, 5) is 4.76. The van der Waals surface area contributed by atoms with Gasteiger partial charge < -0.3 is 15.7 Å². The molecule has 1 rings (SSSR count). The second kappa shape index (κ2) is 13.2. The molecule has 0 bridgehead atoms. The molecule has 0 aromatic heterocycles. The molecule has 0 amide bonds. The van der Waals surface area contributed by atoms with Gasteiger partial charge in [-0.2, -0.15) is 0 Å². The third-order valence-corrected chi connectivity index (χ3v) is 6.96. The van der Waals surface area contributed by atoms with E-state index >= 15 is 0 Å². The Labute approximate surface area is 182 Å². The number of aliphatic hydroxyl groups excluding tert-OH is 1. The number of aliphatic imine (C=N–C) groups is 1. The van der Waals surface area contributed by atoms with Crippen molar-refractivity contribution >= 4 is 40.0 Å². The molecule has 0 radical (unpaired) electrons. The van der Waals surface area contributed by atoms with Gasteiger partial charge in [0.05, 0.1) is 6.26 Å². The topological polar surface area (TPSA) is 94.0 Å². The zero-order valence-electron chi connectivity index (χ0n) is 17.3. The number of halogens is 1. The van der Waals surface area contributed by atoms with Crippen LogP contribution >= 0.6 is 24.0 Å². The van der Waals surface area contributed by atoms with Crippen LogP contribution in [0.25, 0.3) is 0 Å². The summed E-state index contributed by atoms with van der Waals surface area (Å²) >= 11 is 0. The number of sulfonamides is 1. The summed E-state index contributed by atoms with van der Waals surface area (Å²) in [5.74, 6) is 1.26. The highest BCUT2D eigenvalue weighted by molar-refractivity contribution is 14.0. The number of hydrogen-bond acceptors (Lipinski definition) is 4. The van der Waals surface area contributed by atoms with Crippen molar-refractivity contribution in [3.63, 3.8) is 0 Å². The zero-order chi connectivity index (χ0) is 19.6. The van der Waals surface area contributed by atoms with Crippen molar-refractivity contribution < 1.29 is 13.5 Å². The molecule has 1 aliphatic heterocycles. The normalized spacial score (nSPS) is 17.4. The summed E-state index contributed by atoms with van der Waals surface area (Å²) < 4.78 is 24.8. The van der Waals surface area contributed by atoms with Gasteiger partial charge in [0.15, 0.2) is 5.96 Å². The molecule has 0 aromatic rings. The Bertz CT molecular complexity index is 531. The highest BCUT2D eigenvalue weighted by atomic mass is 127. The van der Waals surface area contributed by atoms with Gasteiger partial charge in [0, 0.05) is 39.3 Å². The van der Waals surface area contributed by atoms with E-state index in [4.69, 9.17) is 4.99 Å². The number of nitrogens with zero attached hydrogens (tertiary/aromatic N) is 2. The first kappa shape index (κ1) is 26.9. The number of guanidine groups is 1. The Hall–Kier alpha value is -0.130. The van der Waals surface area contributed by atoms with Gasteiger partial charge in [0.2, 0.25) is 10.0 Å². The fourth-order valence-corrected chi connectivity index (χ4v) is 4.29. The fourth-order valence-electron chi connectivity index (χ4n) is 3.42. The van der Waals surface area contributed by atoms with Crippen molar-refractivity contribution in [1.82, 2.24) is 14.9 Å². The van der Waals surface area contributed by atoms with Gasteiger partial charge in [-0.1, -0.05) is 13.8 Å². The molecule has 1 fully saturated rings. The number of aliphatic hydroxyl groups is 1.